The van der Waals surface area contributed by atoms with Gasteiger partial charge in [0, 0.05) is 25.2 Å². The van der Waals surface area contributed by atoms with E-state index in [-0.39, 0.29) is 22.9 Å². The topological polar surface area (TPSA) is 96.8 Å². The maximum Gasteiger partial charge on any atom is 0.281 e. The zero-order valence-electron chi connectivity index (χ0n) is 15.5. The van der Waals surface area contributed by atoms with Crippen LogP contribution < -0.4 is 5.56 Å². The van der Waals surface area contributed by atoms with Gasteiger partial charge in [0.25, 0.3) is 11.5 Å². The van der Waals surface area contributed by atoms with E-state index in [9.17, 15) is 9.59 Å². The van der Waals surface area contributed by atoms with Gasteiger partial charge in [0.15, 0.2) is 11.2 Å². The highest BCUT2D eigenvalue weighted by Crippen LogP contribution is 2.22. The van der Waals surface area contributed by atoms with E-state index in [4.69, 9.17) is 0 Å². The van der Waals surface area contributed by atoms with Crippen molar-refractivity contribution in [3.05, 3.63) is 51.6 Å². The smallest absolute Gasteiger partial charge is 0.281 e. The van der Waals surface area contributed by atoms with Gasteiger partial charge in [0.05, 0.1) is 0 Å². The number of hydrogen-bond acceptors (Lipinski definition) is 5. The van der Waals surface area contributed by atoms with E-state index in [0.29, 0.717) is 24.6 Å². The first-order valence-corrected chi connectivity index (χ1v) is 9.18. The Morgan fingerprint density at radius 1 is 1.30 bits per heavy atom. The molecule has 2 aromatic heterocycles. The van der Waals surface area contributed by atoms with Gasteiger partial charge < -0.3 is 9.88 Å². The molecule has 1 saturated heterocycles. The first-order chi connectivity index (χ1) is 13.0. The molecular weight excluding hydrogens is 344 g/mol. The van der Waals surface area contributed by atoms with Gasteiger partial charge in [-0.2, -0.15) is 0 Å². The molecule has 1 aromatic carbocycles. The lowest BCUT2D eigenvalue weighted by atomic mass is 9.96. The van der Waals surface area contributed by atoms with Crippen LogP contribution in [0.5, 0.6) is 0 Å². The quantitative estimate of drug-likeness (QED) is 0.761. The molecule has 4 rings (SSSR count). The van der Waals surface area contributed by atoms with Crippen LogP contribution in [0.4, 0.5) is 0 Å². The monoisotopic (exact) mass is 366 g/mol. The third-order valence-corrected chi connectivity index (χ3v) is 5.10. The molecule has 1 N–H and O–H groups in total. The van der Waals surface area contributed by atoms with Crippen molar-refractivity contribution in [2.45, 2.75) is 33.2 Å². The Kier molecular flexibility index (Phi) is 4.47. The fourth-order valence-electron chi connectivity index (χ4n) is 3.73. The summed E-state index contributed by atoms with van der Waals surface area (Å²) in [4.78, 5) is 33.8. The molecule has 1 amide bonds. The van der Waals surface area contributed by atoms with Crippen molar-refractivity contribution < 1.29 is 4.79 Å². The van der Waals surface area contributed by atoms with Gasteiger partial charge in [0.2, 0.25) is 0 Å². The molecule has 0 radical (unpaired) electrons. The summed E-state index contributed by atoms with van der Waals surface area (Å²) in [7, 11) is 0. The maximum atomic E-state index is 12.9. The SMILES string of the molecule is Cc1nc2c(nnn2C[C@H]2CCCN(C(=O)c3ccccc3C)C2)c(=O)[nH]1. The van der Waals surface area contributed by atoms with Crippen molar-refractivity contribution in [3.63, 3.8) is 0 Å². The van der Waals surface area contributed by atoms with E-state index in [2.05, 4.69) is 20.3 Å². The number of fused-ring (bicyclic) bond motifs is 1. The molecule has 3 heterocycles. The second-order valence-electron chi connectivity index (χ2n) is 7.17. The number of nitrogens with zero attached hydrogens (tertiary/aromatic N) is 5. The number of nitrogens with one attached hydrogen (secondary N) is 1. The summed E-state index contributed by atoms with van der Waals surface area (Å²) in [6.45, 7) is 5.71. The van der Waals surface area contributed by atoms with Crippen molar-refractivity contribution in [2.75, 3.05) is 13.1 Å². The van der Waals surface area contributed by atoms with E-state index in [0.717, 1.165) is 30.5 Å². The third-order valence-electron chi connectivity index (χ3n) is 5.10. The number of aromatic amines is 1. The second kappa shape index (κ2) is 6.94. The Bertz CT molecular complexity index is 1050. The van der Waals surface area contributed by atoms with Crippen LogP contribution >= 0.6 is 0 Å². The number of H-pyrrole nitrogens is 1. The molecule has 1 fully saturated rings. The zero-order valence-corrected chi connectivity index (χ0v) is 15.5. The first kappa shape index (κ1) is 17.4. The summed E-state index contributed by atoms with van der Waals surface area (Å²) in [6, 6.07) is 7.68. The molecule has 0 bridgehead atoms. The van der Waals surface area contributed by atoms with E-state index in [1.807, 2.05) is 36.1 Å². The number of piperidine rings is 1. The lowest BCUT2D eigenvalue weighted by Crippen LogP contribution is -2.41. The van der Waals surface area contributed by atoms with Crippen LogP contribution in [0.15, 0.2) is 29.1 Å². The van der Waals surface area contributed by atoms with Gasteiger partial charge in [0.1, 0.15) is 5.82 Å². The number of hydrogen-bond donors (Lipinski definition) is 1. The van der Waals surface area contributed by atoms with E-state index >= 15 is 0 Å². The van der Waals surface area contributed by atoms with E-state index in [1.54, 1.807) is 11.6 Å². The highest BCUT2D eigenvalue weighted by Gasteiger charge is 2.26. The summed E-state index contributed by atoms with van der Waals surface area (Å²) in [5.41, 5.74) is 2.23. The molecule has 0 spiro atoms. The summed E-state index contributed by atoms with van der Waals surface area (Å²) in [5, 5.41) is 8.08. The van der Waals surface area contributed by atoms with E-state index in [1.165, 1.54) is 0 Å². The molecule has 0 aliphatic carbocycles. The average molecular weight is 366 g/mol. The van der Waals surface area contributed by atoms with Crippen molar-refractivity contribution >= 4 is 17.1 Å². The lowest BCUT2D eigenvalue weighted by molar-refractivity contribution is 0.0659. The highest BCUT2D eigenvalue weighted by atomic mass is 16.2. The van der Waals surface area contributed by atoms with Crippen LogP contribution in [0.3, 0.4) is 0 Å². The largest absolute Gasteiger partial charge is 0.338 e. The number of benzene rings is 1. The number of rotatable bonds is 3. The van der Waals surface area contributed by atoms with E-state index < -0.39 is 0 Å². The van der Waals surface area contributed by atoms with Crippen LogP contribution in [0.1, 0.15) is 34.6 Å². The molecular formula is C19H22N6O2. The predicted molar refractivity (Wildman–Crippen MR) is 100 cm³/mol. The molecule has 0 unspecified atom stereocenters. The number of carbonyl (C=O) groups is 1. The minimum absolute atomic E-state index is 0.0756. The molecule has 8 heteroatoms. The predicted octanol–water partition coefficient (Wildman–Crippen LogP) is 1.68. The molecule has 8 nitrogen and oxygen atoms in total. The molecule has 3 aromatic rings. The van der Waals surface area contributed by atoms with Crippen molar-refractivity contribution in [2.24, 2.45) is 5.92 Å². The fourth-order valence-corrected chi connectivity index (χ4v) is 3.73. The van der Waals surface area contributed by atoms with Gasteiger partial charge in [-0.25, -0.2) is 9.67 Å². The Hall–Kier alpha value is -3.03. The third kappa shape index (κ3) is 3.34. The molecule has 1 aliphatic heterocycles. The standard InChI is InChI=1S/C19H22N6O2/c1-12-6-3-4-8-15(12)19(27)24-9-5-7-14(10-24)11-25-17-16(22-23-25)18(26)21-13(2)20-17/h3-4,6,8,14H,5,7,9-11H2,1-2H3,(H,20,21,26)/t14-/m0/s1. The molecule has 0 saturated carbocycles. The van der Waals surface area contributed by atoms with Gasteiger partial charge in [-0.15, -0.1) is 5.10 Å². The Morgan fingerprint density at radius 2 is 2.11 bits per heavy atom. The van der Waals surface area contributed by atoms with Crippen LogP contribution in [0.2, 0.25) is 0 Å². The van der Waals surface area contributed by atoms with Crippen molar-refractivity contribution in [1.29, 1.82) is 0 Å². The number of aromatic nitrogens is 5. The Balaban J connectivity index is 1.53. The first-order valence-electron chi connectivity index (χ1n) is 9.18. The van der Waals surface area contributed by atoms with Crippen LogP contribution in [-0.4, -0.2) is 48.9 Å². The lowest BCUT2D eigenvalue weighted by Gasteiger charge is -2.33. The van der Waals surface area contributed by atoms with Gasteiger partial charge in [-0.1, -0.05) is 23.4 Å². The summed E-state index contributed by atoms with van der Waals surface area (Å²) >= 11 is 0. The normalized spacial score (nSPS) is 17.4. The van der Waals surface area contributed by atoms with Crippen LogP contribution in [-0.2, 0) is 6.54 Å². The maximum absolute atomic E-state index is 12.9. The van der Waals surface area contributed by atoms with Crippen molar-refractivity contribution in [3.8, 4) is 0 Å². The summed E-state index contributed by atoms with van der Waals surface area (Å²) in [5.74, 6) is 0.862. The fraction of sp³-hybridized carbons (Fsp3) is 0.421. The summed E-state index contributed by atoms with van der Waals surface area (Å²) in [6.07, 6.45) is 1.95. The molecule has 140 valence electrons. The second-order valence-corrected chi connectivity index (χ2v) is 7.17. The Labute approximate surface area is 156 Å². The molecule has 27 heavy (non-hydrogen) atoms. The highest BCUT2D eigenvalue weighted by molar-refractivity contribution is 5.95. The minimum Gasteiger partial charge on any atom is -0.338 e. The number of aryl methyl sites for hydroxylation is 2. The number of carbonyl (C=O) groups excluding carboxylic acids is 1. The van der Waals surface area contributed by atoms with Crippen LogP contribution in [0.25, 0.3) is 11.2 Å². The van der Waals surface area contributed by atoms with Crippen molar-refractivity contribution in [1.82, 2.24) is 29.9 Å². The van der Waals surface area contributed by atoms with Gasteiger partial charge in [-0.3, -0.25) is 9.59 Å². The number of amides is 1. The summed E-state index contributed by atoms with van der Waals surface area (Å²) < 4.78 is 1.68. The Morgan fingerprint density at radius 3 is 2.93 bits per heavy atom. The molecule has 1 atom stereocenters. The minimum atomic E-state index is -0.274. The number of likely N-dealkylation sites (tertiary alicyclic amines) is 1. The van der Waals surface area contributed by atoms with Gasteiger partial charge in [-0.05, 0) is 44.2 Å². The molecule has 1 aliphatic rings. The van der Waals surface area contributed by atoms with Gasteiger partial charge >= 0.3 is 0 Å². The average Bonchev–Trinajstić information content (AvgIpc) is 3.05. The van der Waals surface area contributed by atoms with Crippen LogP contribution in [0, 0.1) is 19.8 Å². The zero-order chi connectivity index (χ0) is 19.0.